The number of carboxylic acid groups (broad SMARTS) is 1. The minimum absolute atomic E-state index is 0.256. The number of hydrogen-bond acceptors (Lipinski definition) is 3. The van der Waals surface area contributed by atoms with E-state index < -0.39 is 12.0 Å². The van der Waals surface area contributed by atoms with Crippen LogP contribution in [-0.4, -0.2) is 28.8 Å². The van der Waals surface area contributed by atoms with Crippen LogP contribution in [0.3, 0.4) is 0 Å². The van der Waals surface area contributed by atoms with Crippen LogP contribution in [0.1, 0.15) is 12.0 Å². The second kappa shape index (κ2) is 9.35. The van der Waals surface area contributed by atoms with Crippen LogP contribution >= 0.6 is 23.4 Å². The van der Waals surface area contributed by atoms with Crippen LogP contribution in [-0.2, 0) is 16.0 Å². The van der Waals surface area contributed by atoms with Gasteiger partial charge in [-0.15, -0.1) is 11.8 Å². The monoisotopic (exact) mass is 363 g/mol. The van der Waals surface area contributed by atoms with Crippen molar-refractivity contribution >= 4 is 35.2 Å². The van der Waals surface area contributed by atoms with Gasteiger partial charge in [0.25, 0.3) is 0 Å². The Bertz CT molecular complexity index is 676. The molecule has 2 N–H and O–H groups in total. The Morgan fingerprint density at radius 3 is 2.38 bits per heavy atom. The minimum atomic E-state index is -1.03. The molecule has 0 saturated heterocycles. The first-order chi connectivity index (χ1) is 11.5. The van der Waals surface area contributed by atoms with Crippen molar-refractivity contribution in [1.82, 2.24) is 5.32 Å². The van der Waals surface area contributed by atoms with E-state index in [0.717, 1.165) is 10.5 Å². The van der Waals surface area contributed by atoms with Crippen molar-refractivity contribution in [2.45, 2.75) is 23.8 Å². The van der Waals surface area contributed by atoms with Gasteiger partial charge < -0.3 is 10.4 Å². The summed E-state index contributed by atoms with van der Waals surface area (Å²) in [6, 6.07) is 15.7. The summed E-state index contributed by atoms with van der Waals surface area (Å²) in [7, 11) is 0. The Morgan fingerprint density at radius 1 is 1.08 bits per heavy atom. The van der Waals surface area contributed by atoms with Gasteiger partial charge in [-0.25, -0.2) is 4.79 Å². The van der Waals surface area contributed by atoms with Gasteiger partial charge in [-0.05, 0) is 29.8 Å². The smallest absolute Gasteiger partial charge is 0.326 e. The molecule has 126 valence electrons. The molecule has 0 fully saturated rings. The highest BCUT2D eigenvalue weighted by molar-refractivity contribution is 7.99. The minimum Gasteiger partial charge on any atom is -0.480 e. The topological polar surface area (TPSA) is 66.4 Å². The van der Waals surface area contributed by atoms with Crippen molar-refractivity contribution in [3.8, 4) is 0 Å². The lowest BCUT2D eigenvalue weighted by Crippen LogP contribution is -2.42. The van der Waals surface area contributed by atoms with Gasteiger partial charge in [-0.2, -0.15) is 0 Å². The standard InChI is InChI=1S/C18H18ClNO3S/c19-14-6-8-15(9-7-14)24-11-10-17(21)20-16(18(22)23)12-13-4-2-1-3-5-13/h1-9,16H,10-12H2,(H,20,21)(H,22,23)/t16-/m0/s1. The van der Waals surface area contributed by atoms with E-state index in [-0.39, 0.29) is 18.7 Å². The van der Waals surface area contributed by atoms with Crippen molar-refractivity contribution in [2.75, 3.05) is 5.75 Å². The summed E-state index contributed by atoms with van der Waals surface area (Å²) in [5.74, 6) is -0.720. The van der Waals surface area contributed by atoms with Crippen LogP contribution in [0.4, 0.5) is 0 Å². The van der Waals surface area contributed by atoms with Gasteiger partial charge in [0.15, 0.2) is 0 Å². The molecule has 0 aliphatic rings. The van der Waals surface area contributed by atoms with Gasteiger partial charge in [0.1, 0.15) is 6.04 Å². The largest absolute Gasteiger partial charge is 0.480 e. The Kier molecular flexibility index (Phi) is 7.15. The van der Waals surface area contributed by atoms with E-state index in [1.807, 2.05) is 42.5 Å². The van der Waals surface area contributed by atoms with Gasteiger partial charge in [-0.3, -0.25) is 4.79 Å². The first-order valence-corrected chi connectivity index (χ1v) is 8.85. The number of thioether (sulfide) groups is 1. The van der Waals surface area contributed by atoms with Crippen LogP contribution < -0.4 is 5.32 Å². The average Bonchev–Trinajstić information content (AvgIpc) is 2.57. The van der Waals surface area contributed by atoms with Crippen molar-refractivity contribution in [3.05, 3.63) is 65.2 Å². The van der Waals surface area contributed by atoms with E-state index in [1.54, 1.807) is 12.1 Å². The molecular weight excluding hydrogens is 346 g/mol. The number of carbonyl (C=O) groups is 2. The second-order valence-electron chi connectivity index (χ2n) is 5.20. The third kappa shape index (κ3) is 6.26. The van der Waals surface area contributed by atoms with Gasteiger partial charge >= 0.3 is 5.97 Å². The molecule has 1 atom stereocenters. The number of carboxylic acids is 1. The highest BCUT2D eigenvalue weighted by Gasteiger charge is 2.20. The number of aliphatic carboxylic acids is 1. The molecule has 0 aromatic heterocycles. The molecule has 6 heteroatoms. The van der Waals surface area contributed by atoms with Crippen LogP contribution in [0.25, 0.3) is 0 Å². The lowest BCUT2D eigenvalue weighted by atomic mass is 10.1. The van der Waals surface area contributed by atoms with Crippen LogP contribution in [0.5, 0.6) is 0 Å². The molecule has 0 radical (unpaired) electrons. The molecule has 4 nitrogen and oxygen atoms in total. The molecule has 0 aliphatic heterocycles. The predicted molar refractivity (Wildman–Crippen MR) is 96.5 cm³/mol. The third-order valence-electron chi connectivity index (χ3n) is 3.33. The maximum absolute atomic E-state index is 12.0. The summed E-state index contributed by atoms with van der Waals surface area (Å²) in [4.78, 5) is 24.3. The summed E-state index contributed by atoms with van der Waals surface area (Å²) in [5.41, 5.74) is 0.876. The maximum atomic E-state index is 12.0. The number of amides is 1. The Morgan fingerprint density at radius 2 is 1.75 bits per heavy atom. The fourth-order valence-electron chi connectivity index (χ4n) is 2.11. The summed E-state index contributed by atoms with van der Waals surface area (Å²) < 4.78 is 0. The number of nitrogens with one attached hydrogen (secondary N) is 1. The highest BCUT2D eigenvalue weighted by Crippen LogP contribution is 2.20. The molecular formula is C18H18ClNO3S. The van der Waals surface area contributed by atoms with E-state index >= 15 is 0 Å². The van der Waals surface area contributed by atoms with Crippen molar-refractivity contribution in [3.63, 3.8) is 0 Å². The molecule has 24 heavy (non-hydrogen) atoms. The maximum Gasteiger partial charge on any atom is 0.326 e. The SMILES string of the molecule is O=C(CCSc1ccc(Cl)cc1)N[C@@H](Cc1ccccc1)C(=O)O. The fraction of sp³-hybridized carbons (Fsp3) is 0.222. The van der Waals surface area contributed by atoms with Crippen molar-refractivity contribution in [2.24, 2.45) is 0 Å². The third-order valence-corrected chi connectivity index (χ3v) is 4.59. The number of benzene rings is 2. The number of halogens is 1. The van der Waals surface area contributed by atoms with Crippen LogP contribution in [0.2, 0.25) is 5.02 Å². The second-order valence-corrected chi connectivity index (χ2v) is 6.81. The first kappa shape index (κ1) is 18.4. The van der Waals surface area contributed by atoms with Gasteiger partial charge in [0, 0.05) is 28.5 Å². The van der Waals surface area contributed by atoms with Gasteiger partial charge in [-0.1, -0.05) is 41.9 Å². The van der Waals surface area contributed by atoms with E-state index in [4.69, 9.17) is 11.6 Å². The summed E-state index contributed by atoms with van der Waals surface area (Å²) in [5, 5.41) is 12.5. The molecule has 0 heterocycles. The Labute approximate surface area is 150 Å². The molecule has 0 unspecified atom stereocenters. The zero-order chi connectivity index (χ0) is 17.4. The zero-order valence-electron chi connectivity index (χ0n) is 12.9. The lowest BCUT2D eigenvalue weighted by Gasteiger charge is -2.14. The molecule has 2 aromatic rings. The van der Waals surface area contributed by atoms with E-state index in [9.17, 15) is 14.7 Å². The molecule has 0 aliphatic carbocycles. The highest BCUT2D eigenvalue weighted by atomic mass is 35.5. The quantitative estimate of drug-likeness (QED) is 0.703. The van der Waals surface area contributed by atoms with Crippen molar-refractivity contribution in [1.29, 1.82) is 0 Å². The van der Waals surface area contributed by atoms with E-state index in [0.29, 0.717) is 10.8 Å². The predicted octanol–water partition coefficient (Wildman–Crippen LogP) is 3.63. The number of hydrogen-bond donors (Lipinski definition) is 2. The summed E-state index contributed by atoms with van der Waals surface area (Å²) >= 11 is 7.35. The lowest BCUT2D eigenvalue weighted by molar-refractivity contribution is -0.141. The summed E-state index contributed by atoms with van der Waals surface area (Å²) in [6.07, 6.45) is 0.526. The van der Waals surface area contributed by atoms with Gasteiger partial charge in [0.2, 0.25) is 5.91 Å². The molecule has 0 bridgehead atoms. The molecule has 2 rings (SSSR count). The number of rotatable bonds is 8. The molecule has 0 saturated carbocycles. The Hall–Kier alpha value is -1.98. The molecule has 2 aromatic carbocycles. The van der Waals surface area contributed by atoms with Crippen LogP contribution in [0, 0.1) is 0 Å². The van der Waals surface area contributed by atoms with Crippen LogP contribution in [0.15, 0.2) is 59.5 Å². The normalized spacial score (nSPS) is 11.7. The molecule has 1 amide bonds. The average molecular weight is 364 g/mol. The Balaban J connectivity index is 1.80. The first-order valence-electron chi connectivity index (χ1n) is 7.49. The van der Waals surface area contributed by atoms with Gasteiger partial charge in [0.05, 0.1) is 0 Å². The zero-order valence-corrected chi connectivity index (χ0v) is 14.5. The van der Waals surface area contributed by atoms with E-state index in [2.05, 4.69) is 5.32 Å². The van der Waals surface area contributed by atoms with Crippen molar-refractivity contribution < 1.29 is 14.7 Å². The summed E-state index contributed by atoms with van der Waals surface area (Å²) in [6.45, 7) is 0. The fourth-order valence-corrected chi connectivity index (χ4v) is 3.09. The number of carbonyl (C=O) groups excluding carboxylic acids is 1. The molecule has 0 spiro atoms. The van der Waals surface area contributed by atoms with E-state index in [1.165, 1.54) is 11.8 Å².